The lowest BCUT2D eigenvalue weighted by Gasteiger charge is -2.10. The van der Waals surface area contributed by atoms with Crippen LogP contribution in [-0.2, 0) is 6.61 Å². The van der Waals surface area contributed by atoms with Crippen LogP contribution in [0.1, 0.15) is 5.82 Å². The number of para-hydroxylation sites is 1. The summed E-state index contributed by atoms with van der Waals surface area (Å²) >= 11 is 6.05. The van der Waals surface area contributed by atoms with Gasteiger partial charge in [-0.25, -0.2) is 4.98 Å². The van der Waals surface area contributed by atoms with Crippen LogP contribution in [0.2, 0.25) is 5.02 Å². The molecule has 9 heteroatoms. The average molecular weight is 418 g/mol. The molecule has 0 fully saturated rings. The van der Waals surface area contributed by atoms with E-state index in [4.69, 9.17) is 22.1 Å². The normalized spacial score (nSPS) is 11.1. The van der Waals surface area contributed by atoms with Gasteiger partial charge in [-0.15, -0.1) is 15.3 Å². The molecule has 3 heterocycles. The van der Waals surface area contributed by atoms with E-state index in [2.05, 4.69) is 25.6 Å². The van der Waals surface area contributed by atoms with Gasteiger partial charge in [0, 0.05) is 22.2 Å². The van der Waals surface area contributed by atoms with Crippen molar-refractivity contribution in [3.05, 3.63) is 77.6 Å². The molecule has 0 amide bonds. The first kappa shape index (κ1) is 18.1. The van der Waals surface area contributed by atoms with E-state index in [-0.39, 0.29) is 6.61 Å². The number of hydrogen-bond acceptors (Lipinski definition) is 7. The van der Waals surface area contributed by atoms with Gasteiger partial charge in [-0.1, -0.05) is 29.8 Å². The molecule has 0 saturated carbocycles. The summed E-state index contributed by atoms with van der Waals surface area (Å²) in [5.41, 5.74) is 8.13. The van der Waals surface area contributed by atoms with Crippen molar-refractivity contribution in [2.75, 3.05) is 11.1 Å². The van der Waals surface area contributed by atoms with Crippen molar-refractivity contribution >= 4 is 45.5 Å². The molecule has 0 aliphatic heterocycles. The number of nitrogen functional groups attached to an aromatic ring is 1. The fraction of sp³-hybridized carbons (Fsp3) is 0.0476. The first-order valence-electron chi connectivity index (χ1n) is 9.18. The Morgan fingerprint density at radius 3 is 2.80 bits per heavy atom. The van der Waals surface area contributed by atoms with Crippen LogP contribution in [0.4, 0.5) is 17.3 Å². The Bertz CT molecular complexity index is 1370. The maximum absolute atomic E-state index is 6.05. The smallest absolute Gasteiger partial charge is 0.192 e. The van der Waals surface area contributed by atoms with E-state index in [0.29, 0.717) is 33.9 Å². The van der Waals surface area contributed by atoms with E-state index in [0.717, 1.165) is 16.6 Å². The SMILES string of the molecule is Nc1cc(OCc2nnc3ccc(Nc4cccc(Cl)c4)nn23)c2ccccc2n1. The highest BCUT2D eigenvalue weighted by molar-refractivity contribution is 6.30. The fourth-order valence-electron chi connectivity index (χ4n) is 3.13. The van der Waals surface area contributed by atoms with E-state index in [1.807, 2.05) is 60.7 Å². The monoisotopic (exact) mass is 417 g/mol. The summed E-state index contributed by atoms with van der Waals surface area (Å²) in [5.74, 6) is 2.20. The molecule has 0 bridgehead atoms. The van der Waals surface area contributed by atoms with E-state index in [1.165, 1.54) is 0 Å². The van der Waals surface area contributed by atoms with Crippen LogP contribution in [0.15, 0.2) is 66.7 Å². The minimum absolute atomic E-state index is 0.169. The number of hydrogen-bond donors (Lipinski definition) is 2. The van der Waals surface area contributed by atoms with E-state index in [9.17, 15) is 0 Å². The molecule has 0 unspecified atom stereocenters. The topological polar surface area (TPSA) is 103 Å². The maximum Gasteiger partial charge on any atom is 0.192 e. The number of nitrogens with zero attached hydrogens (tertiary/aromatic N) is 5. The lowest BCUT2D eigenvalue weighted by Crippen LogP contribution is -2.06. The van der Waals surface area contributed by atoms with Gasteiger partial charge < -0.3 is 15.8 Å². The summed E-state index contributed by atoms with van der Waals surface area (Å²) in [5, 5.41) is 17.7. The third-order valence-corrected chi connectivity index (χ3v) is 4.71. The predicted octanol–water partition coefficient (Wildman–Crippen LogP) is 4.23. The van der Waals surface area contributed by atoms with E-state index < -0.39 is 0 Å². The third kappa shape index (κ3) is 3.56. The number of ether oxygens (including phenoxy) is 1. The number of halogens is 1. The lowest BCUT2D eigenvalue weighted by molar-refractivity contribution is 0.296. The minimum Gasteiger partial charge on any atom is -0.485 e. The van der Waals surface area contributed by atoms with Crippen molar-refractivity contribution in [2.45, 2.75) is 6.61 Å². The zero-order valence-corrected chi connectivity index (χ0v) is 16.4. The summed E-state index contributed by atoms with van der Waals surface area (Å²) in [7, 11) is 0. The van der Waals surface area contributed by atoms with Crippen molar-refractivity contribution in [3.63, 3.8) is 0 Å². The van der Waals surface area contributed by atoms with Crippen molar-refractivity contribution < 1.29 is 4.74 Å². The molecule has 8 nitrogen and oxygen atoms in total. The number of benzene rings is 2. The second-order valence-corrected chi connectivity index (χ2v) is 7.03. The van der Waals surface area contributed by atoms with Crippen LogP contribution in [0.3, 0.4) is 0 Å². The summed E-state index contributed by atoms with van der Waals surface area (Å²) in [6.07, 6.45) is 0. The van der Waals surface area contributed by atoms with E-state index >= 15 is 0 Å². The molecule has 0 aliphatic carbocycles. The Hall–Kier alpha value is -3.91. The highest BCUT2D eigenvalue weighted by Crippen LogP contribution is 2.27. The Labute approximate surface area is 176 Å². The van der Waals surface area contributed by atoms with Gasteiger partial charge in [0.1, 0.15) is 18.2 Å². The molecule has 0 spiro atoms. The molecule has 30 heavy (non-hydrogen) atoms. The van der Waals surface area contributed by atoms with Gasteiger partial charge >= 0.3 is 0 Å². The largest absolute Gasteiger partial charge is 0.485 e. The molecular weight excluding hydrogens is 402 g/mol. The summed E-state index contributed by atoms with van der Waals surface area (Å²) in [6.45, 7) is 0.169. The Morgan fingerprint density at radius 2 is 1.90 bits per heavy atom. The fourth-order valence-corrected chi connectivity index (χ4v) is 3.32. The van der Waals surface area contributed by atoms with Crippen LogP contribution in [0, 0.1) is 0 Å². The molecule has 3 N–H and O–H groups in total. The van der Waals surface area contributed by atoms with Gasteiger partial charge in [-0.3, -0.25) is 0 Å². The number of pyridine rings is 1. The zero-order chi connectivity index (χ0) is 20.5. The summed E-state index contributed by atoms with van der Waals surface area (Å²) < 4.78 is 7.64. The quantitative estimate of drug-likeness (QED) is 0.441. The highest BCUT2D eigenvalue weighted by Gasteiger charge is 2.11. The second kappa shape index (κ2) is 7.49. The van der Waals surface area contributed by atoms with Gasteiger partial charge in [0.2, 0.25) is 0 Å². The van der Waals surface area contributed by atoms with E-state index in [1.54, 1.807) is 10.6 Å². The molecule has 5 rings (SSSR count). The van der Waals surface area contributed by atoms with Crippen LogP contribution in [0.25, 0.3) is 16.6 Å². The number of nitrogens with two attached hydrogens (primary N) is 1. The van der Waals surface area contributed by atoms with Gasteiger partial charge in [0.25, 0.3) is 0 Å². The number of aromatic nitrogens is 5. The first-order chi connectivity index (χ1) is 14.7. The molecule has 0 radical (unpaired) electrons. The van der Waals surface area contributed by atoms with Gasteiger partial charge in [-0.05, 0) is 42.5 Å². The maximum atomic E-state index is 6.05. The first-order valence-corrected chi connectivity index (χ1v) is 9.55. The second-order valence-electron chi connectivity index (χ2n) is 6.59. The van der Waals surface area contributed by atoms with Gasteiger partial charge in [0.15, 0.2) is 17.3 Å². The molecule has 0 aliphatic rings. The third-order valence-electron chi connectivity index (χ3n) is 4.48. The van der Waals surface area contributed by atoms with Gasteiger partial charge in [0.05, 0.1) is 5.52 Å². The Kier molecular flexibility index (Phi) is 4.53. The zero-order valence-electron chi connectivity index (χ0n) is 15.7. The van der Waals surface area contributed by atoms with Crippen molar-refractivity contribution in [3.8, 4) is 5.75 Å². The predicted molar refractivity (Wildman–Crippen MR) is 116 cm³/mol. The molecule has 0 saturated heterocycles. The summed E-state index contributed by atoms with van der Waals surface area (Å²) in [4.78, 5) is 4.32. The molecule has 5 aromatic rings. The summed E-state index contributed by atoms with van der Waals surface area (Å²) in [6, 6.07) is 20.4. The van der Waals surface area contributed by atoms with Gasteiger partial charge in [-0.2, -0.15) is 4.52 Å². The van der Waals surface area contributed by atoms with Crippen molar-refractivity contribution in [1.82, 2.24) is 24.8 Å². The van der Waals surface area contributed by atoms with Crippen molar-refractivity contribution in [1.29, 1.82) is 0 Å². The Morgan fingerprint density at radius 1 is 1.00 bits per heavy atom. The molecular formula is C21H16ClN7O. The standard InChI is InChI=1S/C21H16ClN7O/c22-13-4-3-5-14(10-13)24-19-8-9-20-26-27-21(29(20)28-19)12-30-17-11-18(23)25-16-7-2-1-6-15(16)17/h1-11H,12H2,(H2,23,25)(H,24,28). The lowest BCUT2D eigenvalue weighted by atomic mass is 10.2. The van der Waals surface area contributed by atoms with Crippen LogP contribution in [-0.4, -0.2) is 24.8 Å². The highest BCUT2D eigenvalue weighted by atomic mass is 35.5. The minimum atomic E-state index is 0.169. The number of nitrogens with one attached hydrogen (secondary N) is 1. The van der Waals surface area contributed by atoms with Crippen LogP contribution >= 0.6 is 11.6 Å². The molecule has 3 aromatic heterocycles. The molecule has 0 atom stereocenters. The average Bonchev–Trinajstić information content (AvgIpc) is 3.14. The number of anilines is 3. The van der Waals surface area contributed by atoms with Crippen LogP contribution in [0.5, 0.6) is 5.75 Å². The number of rotatable bonds is 5. The molecule has 148 valence electrons. The van der Waals surface area contributed by atoms with Crippen LogP contribution < -0.4 is 15.8 Å². The Balaban J connectivity index is 1.43. The van der Waals surface area contributed by atoms with Crippen molar-refractivity contribution in [2.24, 2.45) is 0 Å². The molecule has 2 aromatic carbocycles. The number of fused-ring (bicyclic) bond motifs is 2.